The monoisotopic (exact) mass is 443 g/mol. The van der Waals surface area contributed by atoms with E-state index in [4.69, 9.17) is 4.74 Å². The average Bonchev–Trinajstić information content (AvgIpc) is 3.48. The number of aryl methyl sites for hydroxylation is 1. The van der Waals surface area contributed by atoms with Gasteiger partial charge >= 0.3 is 0 Å². The molecule has 166 valence electrons. The number of ether oxygens (including phenoxy) is 1. The highest BCUT2D eigenvalue weighted by molar-refractivity contribution is 7.85. The Morgan fingerprint density at radius 1 is 1.43 bits per heavy atom. The highest BCUT2D eigenvalue weighted by Gasteiger charge is 2.48. The number of methoxy groups -OCH3 is 1. The second-order valence-corrected chi connectivity index (χ2v) is 8.80. The summed E-state index contributed by atoms with van der Waals surface area (Å²) in [5, 5.41) is 11.9. The van der Waals surface area contributed by atoms with E-state index in [1.165, 1.54) is 30.3 Å². The molecule has 0 aromatic heterocycles. The van der Waals surface area contributed by atoms with Crippen LogP contribution >= 0.6 is 0 Å². The van der Waals surface area contributed by atoms with Crippen molar-refractivity contribution in [2.24, 2.45) is 0 Å². The van der Waals surface area contributed by atoms with E-state index in [2.05, 4.69) is 10.0 Å². The van der Waals surface area contributed by atoms with Crippen molar-refractivity contribution in [2.45, 2.75) is 30.9 Å². The van der Waals surface area contributed by atoms with Crippen LogP contribution in [0.2, 0.25) is 0 Å². The van der Waals surface area contributed by atoms with Crippen molar-refractivity contribution < 1.29 is 27.6 Å². The molecular formula is C20H27F2N3O4S. The maximum Gasteiger partial charge on any atom is 0.188 e. The van der Waals surface area contributed by atoms with Crippen molar-refractivity contribution in [1.29, 1.82) is 0 Å². The topological polar surface area (TPSA) is 90.9 Å². The van der Waals surface area contributed by atoms with E-state index in [1.54, 1.807) is 20.0 Å². The molecule has 0 saturated heterocycles. The Kier molecular flexibility index (Phi) is 8.51. The average molecular weight is 444 g/mol. The van der Waals surface area contributed by atoms with Gasteiger partial charge in [-0.3, -0.25) is 4.79 Å². The molecule has 0 aliphatic heterocycles. The number of hydrogen-bond donors (Lipinski definition) is 3. The van der Waals surface area contributed by atoms with Crippen molar-refractivity contribution in [3.63, 3.8) is 0 Å². The fourth-order valence-corrected chi connectivity index (χ4v) is 4.17. The van der Waals surface area contributed by atoms with Gasteiger partial charge in [0.05, 0.1) is 16.1 Å². The van der Waals surface area contributed by atoms with E-state index in [-0.39, 0.29) is 36.7 Å². The molecule has 1 aliphatic carbocycles. The van der Waals surface area contributed by atoms with Crippen LogP contribution in [0.25, 0.3) is 0 Å². The number of nitrogens with zero attached hydrogens (tertiary/aromatic N) is 1. The second-order valence-electron chi connectivity index (χ2n) is 7.19. The minimum absolute atomic E-state index is 0.0101. The number of hydrogen-bond acceptors (Lipinski definition) is 6. The number of carbonyl (C=O) groups excluding carboxylic acids is 1. The lowest BCUT2D eigenvalue weighted by Gasteiger charge is -2.22. The van der Waals surface area contributed by atoms with Crippen LogP contribution in [-0.4, -0.2) is 52.7 Å². The van der Waals surface area contributed by atoms with Crippen molar-refractivity contribution in [1.82, 2.24) is 9.62 Å². The minimum Gasteiger partial charge on any atom is -0.396 e. The molecule has 1 aromatic rings. The van der Waals surface area contributed by atoms with Gasteiger partial charge in [0.25, 0.3) is 0 Å². The zero-order valence-corrected chi connectivity index (χ0v) is 18.0. The van der Waals surface area contributed by atoms with Crippen LogP contribution in [0.15, 0.2) is 41.6 Å². The lowest BCUT2D eigenvalue weighted by atomic mass is 10.2. The normalized spacial score (nSPS) is 17.1. The summed E-state index contributed by atoms with van der Waals surface area (Å²) < 4.78 is 48.9. The first-order valence-electron chi connectivity index (χ1n) is 9.35. The molecule has 0 spiro atoms. The Morgan fingerprint density at radius 3 is 2.67 bits per heavy atom. The fraction of sp³-hybridized carbons (Fsp3) is 0.450. The molecule has 1 unspecified atom stereocenters. The predicted octanol–water partition coefficient (Wildman–Crippen LogP) is 2.47. The molecule has 0 bridgehead atoms. The van der Waals surface area contributed by atoms with Crippen molar-refractivity contribution >= 4 is 23.0 Å². The summed E-state index contributed by atoms with van der Waals surface area (Å²) in [6, 6.07) is 4.32. The number of nitrogens with one attached hydrogen (secondary N) is 2. The van der Waals surface area contributed by atoms with Crippen molar-refractivity contribution in [2.75, 3.05) is 32.8 Å². The maximum atomic E-state index is 14.5. The quantitative estimate of drug-likeness (QED) is 0.199. The summed E-state index contributed by atoms with van der Waals surface area (Å²) in [6.07, 6.45) is 3.01. The smallest absolute Gasteiger partial charge is 0.188 e. The third-order valence-corrected chi connectivity index (χ3v) is 6.45. The highest BCUT2D eigenvalue weighted by atomic mass is 32.2. The zero-order valence-electron chi connectivity index (χ0n) is 17.2. The van der Waals surface area contributed by atoms with E-state index >= 15 is 0 Å². The molecule has 1 aliphatic rings. The first-order valence-corrected chi connectivity index (χ1v) is 10.5. The Morgan fingerprint density at radius 2 is 2.13 bits per heavy atom. The van der Waals surface area contributed by atoms with Gasteiger partial charge in [0.2, 0.25) is 0 Å². The number of allylic oxidation sites excluding steroid dienone is 1. The van der Waals surface area contributed by atoms with Gasteiger partial charge in [-0.25, -0.2) is 13.0 Å². The number of halogens is 2. The Balaban J connectivity index is 2.42. The van der Waals surface area contributed by atoms with Crippen LogP contribution in [0.1, 0.15) is 24.8 Å². The first-order chi connectivity index (χ1) is 14.3. The van der Waals surface area contributed by atoms with Gasteiger partial charge in [0, 0.05) is 27.0 Å². The molecule has 0 heterocycles. The molecule has 30 heavy (non-hydrogen) atoms. The number of rotatable bonds is 12. The summed E-state index contributed by atoms with van der Waals surface area (Å²) in [5.74, 6) is -1.82. The van der Waals surface area contributed by atoms with E-state index < -0.39 is 27.4 Å². The fourth-order valence-electron chi connectivity index (χ4n) is 2.85. The lowest BCUT2D eigenvalue weighted by molar-refractivity contribution is -0.106. The van der Waals surface area contributed by atoms with Gasteiger partial charge in [0.15, 0.2) is 12.1 Å². The van der Waals surface area contributed by atoms with E-state index in [0.717, 1.165) is 0 Å². The van der Waals surface area contributed by atoms with Crippen LogP contribution < -0.4 is 10.0 Å². The van der Waals surface area contributed by atoms with Gasteiger partial charge < -0.3 is 24.8 Å². The maximum absolute atomic E-state index is 14.5. The van der Waals surface area contributed by atoms with Crippen LogP contribution in [0.3, 0.4) is 0 Å². The molecule has 1 fully saturated rings. The summed E-state index contributed by atoms with van der Waals surface area (Å²) in [7, 11) is 1.44. The SMILES string of the molecule is COCN(C)/C=C(NS(=O)C1(CCO)CC1)\C(Nc1ccc(C)cc1F)=C(\F)C=O. The predicted molar refractivity (Wildman–Crippen MR) is 112 cm³/mol. The number of aldehydes is 1. The first kappa shape index (κ1) is 24.0. The molecule has 3 N–H and O–H groups in total. The van der Waals surface area contributed by atoms with E-state index in [0.29, 0.717) is 24.8 Å². The number of aliphatic hydroxyl groups is 1. The molecule has 10 heteroatoms. The Bertz CT molecular complexity index is 856. The standard InChI is InChI=1S/C20H27F2N3O4S/c1-14-4-5-17(15(21)10-14)23-19(16(22)12-27)18(11-25(2)13-29-3)24-30(28)20(6-7-20)8-9-26/h4-5,10-12,23-24,26H,6-9,13H2,1-3H3/b18-11+,19-16-. The summed E-state index contributed by atoms with van der Waals surface area (Å²) >= 11 is 0. The summed E-state index contributed by atoms with van der Waals surface area (Å²) in [6.45, 7) is 1.71. The Labute approximate surface area is 177 Å². The second kappa shape index (κ2) is 10.6. The molecule has 7 nitrogen and oxygen atoms in total. The Hall–Kier alpha value is -2.30. The largest absolute Gasteiger partial charge is 0.396 e. The van der Waals surface area contributed by atoms with Crippen LogP contribution in [0, 0.1) is 12.7 Å². The number of aliphatic hydroxyl groups excluding tert-OH is 1. The van der Waals surface area contributed by atoms with Gasteiger partial charge in [-0.05, 0) is 43.9 Å². The van der Waals surface area contributed by atoms with Gasteiger partial charge in [-0.1, -0.05) is 6.07 Å². The number of benzene rings is 1. The molecular weight excluding hydrogens is 416 g/mol. The summed E-state index contributed by atoms with van der Waals surface area (Å²) in [5.41, 5.74) is 0.261. The van der Waals surface area contributed by atoms with Crippen molar-refractivity contribution in [3.05, 3.63) is 53.0 Å². The van der Waals surface area contributed by atoms with Crippen LogP contribution in [0.4, 0.5) is 14.5 Å². The summed E-state index contributed by atoms with van der Waals surface area (Å²) in [4.78, 5) is 12.8. The molecule has 2 rings (SSSR count). The molecule has 1 atom stereocenters. The van der Waals surface area contributed by atoms with Gasteiger partial charge in [-0.15, -0.1) is 0 Å². The van der Waals surface area contributed by atoms with Gasteiger partial charge in [0.1, 0.15) is 29.2 Å². The third-order valence-electron chi connectivity index (χ3n) is 4.65. The van der Waals surface area contributed by atoms with E-state index in [9.17, 15) is 22.9 Å². The third kappa shape index (κ3) is 6.10. The molecule has 1 saturated carbocycles. The highest BCUT2D eigenvalue weighted by Crippen LogP contribution is 2.44. The molecule has 0 radical (unpaired) electrons. The van der Waals surface area contributed by atoms with E-state index in [1.807, 2.05) is 0 Å². The van der Waals surface area contributed by atoms with Gasteiger partial charge in [-0.2, -0.15) is 0 Å². The number of anilines is 1. The lowest BCUT2D eigenvalue weighted by Crippen LogP contribution is -2.33. The van der Waals surface area contributed by atoms with Crippen molar-refractivity contribution in [3.8, 4) is 0 Å². The molecule has 0 amide bonds. The minimum atomic E-state index is -1.67. The zero-order chi connectivity index (χ0) is 22.3. The van der Waals surface area contributed by atoms with Crippen LogP contribution in [0.5, 0.6) is 0 Å². The van der Waals surface area contributed by atoms with Crippen LogP contribution in [-0.2, 0) is 20.5 Å². The molecule has 1 aromatic carbocycles. The number of carbonyl (C=O) groups is 1.